The Labute approximate surface area is 162 Å². The van der Waals surface area contributed by atoms with Crippen LogP contribution in [0, 0.1) is 6.92 Å². The molecular weight excluding hydrogens is 424 g/mol. The Kier molecular flexibility index (Phi) is 6.19. The van der Waals surface area contributed by atoms with E-state index >= 15 is 0 Å². The van der Waals surface area contributed by atoms with Crippen molar-refractivity contribution in [3.8, 4) is 0 Å². The van der Waals surface area contributed by atoms with Gasteiger partial charge in [0.05, 0.1) is 27.2 Å². The van der Waals surface area contributed by atoms with Gasteiger partial charge in [-0.2, -0.15) is 5.10 Å². The van der Waals surface area contributed by atoms with Gasteiger partial charge >= 0.3 is 5.97 Å². The highest BCUT2D eigenvalue weighted by molar-refractivity contribution is 9.10. The largest absolute Gasteiger partial charge is 0.459 e. The van der Waals surface area contributed by atoms with Crippen LogP contribution in [0.25, 0.3) is 0 Å². The highest BCUT2D eigenvalue weighted by atomic mass is 79.9. The first-order valence-corrected chi connectivity index (χ1v) is 9.37. The second kappa shape index (κ2) is 8.00. The fraction of sp³-hybridized carbons (Fsp3) is 0.375. The number of primary amides is 1. The number of aromatic nitrogens is 2. The van der Waals surface area contributed by atoms with Crippen molar-refractivity contribution >= 4 is 50.1 Å². The van der Waals surface area contributed by atoms with Gasteiger partial charge in [0, 0.05) is 6.20 Å². The third-order valence-corrected chi connectivity index (χ3v) is 5.13. The van der Waals surface area contributed by atoms with E-state index in [0.29, 0.717) is 5.56 Å². The number of esters is 1. The quantitative estimate of drug-likeness (QED) is 0.666. The number of nitrogens with two attached hydrogens (primary N) is 1. The van der Waals surface area contributed by atoms with Gasteiger partial charge in [-0.1, -0.05) is 0 Å². The summed E-state index contributed by atoms with van der Waals surface area (Å²) in [5.41, 5.74) is 5.90. The highest BCUT2D eigenvalue weighted by Gasteiger charge is 2.27. The van der Waals surface area contributed by atoms with E-state index in [0.717, 1.165) is 15.8 Å². The number of nitrogens with zero attached hydrogens (tertiary/aromatic N) is 2. The van der Waals surface area contributed by atoms with E-state index in [-0.39, 0.29) is 21.5 Å². The summed E-state index contributed by atoms with van der Waals surface area (Å²) in [4.78, 5) is 36.8. The molecule has 8 nitrogen and oxygen atoms in total. The van der Waals surface area contributed by atoms with Crippen molar-refractivity contribution < 1.29 is 19.1 Å². The highest BCUT2D eigenvalue weighted by Crippen LogP contribution is 2.34. The summed E-state index contributed by atoms with van der Waals surface area (Å²) in [7, 11) is 0. The van der Waals surface area contributed by atoms with Gasteiger partial charge in [0.25, 0.3) is 5.91 Å². The second-order valence-electron chi connectivity index (χ2n) is 5.88. The van der Waals surface area contributed by atoms with Crippen molar-refractivity contribution in [2.75, 3.05) is 5.32 Å². The van der Waals surface area contributed by atoms with Crippen LogP contribution in [-0.2, 0) is 9.53 Å². The predicted octanol–water partition coefficient (Wildman–Crippen LogP) is 2.88. The van der Waals surface area contributed by atoms with Crippen molar-refractivity contribution in [1.29, 1.82) is 0 Å². The number of carbonyl (C=O) groups is 3. The minimum atomic E-state index is -0.671. The molecule has 2 amide bonds. The summed E-state index contributed by atoms with van der Waals surface area (Å²) in [6.07, 6.45) is 2.88. The molecule has 0 aliphatic rings. The van der Waals surface area contributed by atoms with Gasteiger partial charge in [0.1, 0.15) is 11.0 Å². The summed E-state index contributed by atoms with van der Waals surface area (Å²) in [6, 6.07) is -0.630. The van der Waals surface area contributed by atoms with E-state index in [4.69, 9.17) is 10.5 Å². The lowest BCUT2D eigenvalue weighted by molar-refractivity contribution is -0.119. The molecule has 0 aromatic carbocycles. The molecule has 0 saturated heterocycles. The molecular formula is C16H19BrN4O4S. The molecule has 0 spiro atoms. The van der Waals surface area contributed by atoms with Crippen LogP contribution in [0.3, 0.4) is 0 Å². The maximum Gasteiger partial charge on any atom is 0.341 e. The molecule has 2 aromatic rings. The van der Waals surface area contributed by atoms with E-state index in [1.54, 1.807) is 40.1 Å². The molecule has 0 bridgehead atoms. The summed E-state index contributed by atoms with van der Waals surface area (Å²) < 4.78 is 7.43. The van der Waals surface area contributed by atoms with Crippen LogP contribution in [0.15, 0.2) is 16.9 Å². The normalized spacial score (nSPS) is 12.1. The van der Waals surface area contributed by atoms with Crippen molar-refractivity contribution in [2.24, 2.45) is 5.73 Å². The number of hydrogen-bond donors (Lipinski definition) is 2. The van der Waals surface area contributed by atoms with E-state index in [2.05, 4.69) is 26.3 Å². The zero-order chi connectivity index (χ0) is 19.6. The summed E-state index contributed by atoms with van der Waals surface area (Å²) in [5.74, 6) is -1.68. The molecule has 2 aromatic heterocycles. The zero-order valence-corrected chi connectivity index (χ0v) is 17.1. The molecule has 0 aliphatic carbocycles. The number of amides is 2. The fourth-order valence-corrected chi connectivity index (χ4v) is 3.57. The molecule has 0 radical (unpaired) electrons. The Morgan fingerprint density at radius 1 is 1.35 bits per heavy atom. The number of rotatable bonds is 6. The monoisotopic (exact) mass is 442 g/mol. The van der Waals surface area contributed by atoms with Gasteiger partial charge in [-0.15, -0.1) is 11.3 Å². The third kappa shape index (κ3) is 4.31. The van der Waals surface area contributed by atoms with Crippen molar-refractivity contribution in [3.05, 3.63) is 32.9 Å². The number of carbonyl (C=O) groups excluding carboxylic acids is 3. The zero-order valence-electron chi connectivity index (χ0n) is 14.7. The van der Waals surface area contributed by atoms with Crippen molar-refractivity contribution in [1.82, 2.24) is 9.78 Å². The Morgan fingerprint density at radius 2 is 2.00 bits per heavy atom. The van der Waals surface area contributed by atoms with E-state index in [1.807, 2.05) is 0 Å². The third-order valence-electron chi connectivity index (χ3n) is 3.50. The number of ether oxygens (including phenoxy) is 1. The number of anilines is 1. The standard InChI is InChI=1S/C16H19BrN4O4S/c1-7(2)25-16(24)11-8(3)12(13(18)22)26-15(11)20-14(23)9(4)21-6-10(17)5-19-21/h5-7,9H,1-4H3,(H2,18,22)(H,20,23). The smallest absolute Gasteiger partial charge is 0.341 e. The first-order valence-electron chi connectivity index (χ1n) is 7.76. The van der Waals surface area contributed by atoms with Gasteiger partial charge in [0.2, 0.25) is 5.91 Å². The average molecular weight is 443 g/mol. The van der Waals surface area contributed by atoms with Crippen molar-refractivity contribution in [2.45, 2.75) is 39.8 Å². The molecule has 0 fully saturated rings. The topological polar surface area (TPSA) is 116 Å². The number of halogens is 1. The lowest BCUT2D eigenvalue weighted by atomic mass is 10.1. The Morgan fingerprint density at radius 3 is 2.50 bits per heavy atom. The van der Waals surface area contributed by atoms with Gasteiger partial charge in [0.15, 0.2) is 0 Å². The van der Waals surface area contributed by atoms with Crippen LogP contribution in [0.5, 0.6) is 0 Å². The summed E-state index contributed by atoms with van der Waals surface area (Å²) in [6.45, 7) is 6.68. The second-order valence-corrected chi connectivity index (χ2v) is 7.82. The van der Waals surface area contributed by atoms with Crippen LogP contribution in [-0.4, -0.2) is 33.7 Å². The molecule has 2 rings (SSSR count). The number of thiophene rings is 1. The van der Waals surface area contributed by atoms with Crippen LogP contribution >= 0.6 is 27.3 Å². The minimum Gasteiger partial charge on any atom is -0.459 e. The molecule has 140 valence electrons. The molecule has 1 atom stereocenters. The minimum absolute atomic E-state index is 0.139. The lowest BCUT2D eigenvalue weighted by Crippen LogP contribution is -2.24. The molecule has 26 heavy (non-hydrogen) atoms. The maximum absolute atomic E-state index is 12.6. The van der Waals surface area contributed by atoms with Gasteiger partial charge < -0.3 is 15.8 Å². The van der Waals surface area contributed by atoms with Crippen LogP contribution in [0.4, 0.5) is 5.00 Å². The molecule has 1 unspecified atom stereocenters. The number of hydrogen-bond acceptors (Lipinski definition) is 6. The Balaban J connectivity index is 2.35. The maximum atomic E-state index is 12.6. The molecule has 3 N–H and O–H groups in total. The van der Waals surface area contributed by atoms with Gasteiger partial charge in [-0.25, -0.2) is 4.79 Å². The Bertz CT molecular complexity index is 859. The van der Waals surface area contributed by atoms with Gasteiger partial charge in [-0.05, 0) is 49.2 Å². The first-order chi connectivity index (χ1) is 12.1. The van der Waals surface area contributed by atoms with Crippen LogP contribution in [0.1, 0.15) is 52.4 Å². The SMILES string of the molecule is Cc1c(C(N)=O)sc(NC(=O)C(C)n2cc(Br)cn2)c1C(=O)OC(C)C. The number of nitrogens with one attached hydrogen (secondary N) is 1. The van der Waals surface area contributed by atoms with E-state index in [9.17, 15) is 14.4 Å². The Hall–Kier alpha value is -2.20. The van der Waals surface area contributed by atoms with E-state index in [1.165, 1.54) is 4.68 Å². The summed E-state index contributed by atoms with van der Waals surface area (Å²) >= 11 is 4.22. The van der Waals surface area contributed by atoms with Crippen molar-refractivity contribution in [3.63, 3.8) is 0 Å². The van der Waals surface area contributed by atoms with Gasteiger partial charge in [-0.3, -0.25) is 14.3 Å². The first kappa shape index (κ1) is 20.1. The van der Waals surface area contributed by atoms with Crippen LogP contribution < -0.4 is 11.1 Å². The molecule has 10 heteroatoms. The summed E-state index contributed by atoms with van der Waals surface area (Å²) in [5, 5.41) is 6.98. The molecule has 2 heterocycles. The lowest BCUT2D eigenvalue weighted by Gasteiger charge is -2.13. The van der Waals surface area contributed by atoms with E-state index < -0.39 is 23.8 Å². The fourth-order valence-electron chi connectivity index (χ4n) is 2.22. The predicted molar refractivity (Wildman–Crippen MR) is 101 cm³/mol. The average Bonchev–Trinajstić information content (AvgIpc) is 3.09. The molecule has 0 aliphatic heterocycles. The molecule has 0 saturated carbocycles. The van der Waals surface area contributed by atoms with Crippen LogP contribution in [0.2, 0.25) is 0 Å².